The van der Waals surface area contributed by atoms with Gasteiger partial charge in [-0.3, -0.25) is 4.79 Å². The van der Waals surface area contributed by atoms with Gasteiger partial charge >= 0.3 is 5.97 Å². The molecule has 6 heteroatoms. The van der Waals surface area contributed by atoms with Gasteiger partial charge in [0.15, 0.2) is 5.78 Å². The molecule has 0 unspecified atom stereocenters. The van der Waals surface area contributed by atoms with Crippen LogP contribution in [-0.4, -0.2) is 29.1 Å². The first kappa shape index (κ1) is 12.7. The Balaban J connectivity index is 3.12. The maximum atomic E-state index is 13.3. The fourth-order valence-electron chi connectivity index (χ4n) is 1.08. The normalized spacial score (nSPS) is 11.1. The number of rotatable bonds is 4. The minimum atomic E-state index is -1.67. The molecule has 0 fully saturated rings. The minimum Gasteiger partial charge on any atom is -0.502 e. The van der Waals surface area contributed by atoms with Gasteiger partial charge in [-0.05, 0) is 18.2 Å². The third-order valence-electron chi connectivity index (χ3n) is 1.93. The number of aliphatic hydroxyl groups excluding tert-OH is 1. The van der Waals surface area contributed by atoms with Crippen molar-refractivity contribution in [3.63, 3.8) is 0 Å². The van der Waals surface area contributed by atoms with Gasteiger partial charge in [0.05, 0.1) is 12.7 Å². The zero-order valence-corrected chi connectivity index (χ0v) is 8.81. The van der Waals surface area contributed by atoms with E-state index in [1.807, 2.05) is 0 Å². The van der Waals surface area contributed by atoms with Gasteiger partial charge in [0.1, 0.15) is 11.6 Å². The van der Waals surface area contributed by atoms with Crippen LogP contribution in [0.3, 0.4) is 0 Å². The Kier molecular flexibility index (Phi) is 3.82. The van der Waals surface area contributed by atoms with E-state index in [1.54, 1.807) is 0 Å². The van der Waals surface area contributed by atoms with Crippen LogP contribution in [0.5, 0.6) is 5.75 Å². The summed E-state index contributed by atoms with van der Waals surface area (Å²) in [6, 6.07) is 3.44. The Morgan fingerprint density at radius 2 is 2.00 bits per heavy atom. The van der Waals surface area contributed by atoms with Crippen molar-refractivity contribution in [2.75, 3.05) is 7.11 Å². The first-order valence-corrected chi connectivity index (χ1v) is 4.47. The number of benzene rings is 1. The first-order chi connectivity index (χ1) is 7.95. The average Bonchev–Trinajstić information content (AvgIpc) is 2.29. The molecule has 0 aliphatic carbocycles. The lowest BCUT2D eigenvalue weighted by Crippen LogP contribution is -2.05. The van der Waals surface area contributed by atoms with Gasteiger partial charge in [0.25, 0.3) is 0 Å². The highest BCUT2D eigenvalue weighted by atomic mass is 19.1. The van der Waals surface area contributed by atoms with E-state index in [0.717, 1.165) is 12.1 Å². The number of allylic oxidation sites excluding steroid dienone is 1. The molecule has 0 aliphatic rings. The molecule has 5 nitrogen and oxygen atoms in total. The predicted molar refractivity (Wildman–Crippen MR) is 55.6 cm³/mol. The second-order valence-electron chi connectivity index (χ2n) is 3.04. The van der Waals surface area contributed by atoms with E-state index in [0.29, 0.717) is 6.08 Å². The van der Waals surface area contributed by atoms with E-state index in [1.165, 1.54) is 13.2 Å². The fourth-order valence-corrected chi connectivity index (χ4v) is 1.08. The smallest absolute Gasteiger partial charge is 0.371 e. The van der Waals surface area contributed by atoms with E-state index in [4.69, 9.17) is 14.9 Å². The second kappa shape index (κ2) is 5.11. The summed E-state index contributed by atoms with van der Waals surface area (Å²) in [5.74, 6) is -4.36. The van der Waals surface area contributed by atoms with E-state index in [-0.39, 0.29) is 11.3 Å². The summed E-state index contributed by atoms with van der Waals surface area (Å²) in [5, 5.41) is 17.2. The lowest BCUT2D eigenvalue weighted by Gasteiger charge is -2.03. The van der Waals surface area contributed by atoms with Gasteiger partial charge in [-0.15, -0.1) is 0 Å². The number of carbonyl (C=O) groups is 2. The fraction of sp³-hybridized carbons (Fsp3) is 0.0909. The number of ketones is 1. The molecule has 1 aromatic carbocycles. The van der Waals surface area contributed by atoms with Crippen molar-refractivity contribution in [2.24, 2.45) is 0 Å². The van der Waals surface area contributed by atoms with Gasteiger partial charge in [-0.1, -0.05) is 0 Å². The number of carbonyl (C=O) groups excluding carboxylic acids is 1. The lowest BCUT2D eigenvalue weighted by atomic mass is 10.1. The van der Waals surface area contributed by atoms with Gasteiger partial charge in [0, 0.05) is 6.08 Å². The number of aliphatic hydroxyl groups is 1. The molecule has 0 saturated heterocycles. The van der Waals surface area contributed by atoms with Crippen LogP contribution in [0.2, 0.25) is 0 Å². The molecule has 90 valence electrons. The molecule has 0 aliphatic heterocycles. The van der Waals surface area contributed by atoms with E-state index >= 15 is 0 Å². The third kappa shape index (κ3) is 3.04. The quantitative estimate of drug-likeness (QED) is 0.474. The molecule has 0 atom stereocenters. The van der Waals surface area contributed by atoms with Crippen molar-refractivity contribution in [3.05, 3.63) is 41.4 Å². The second-order valence-corrected chi connectivity index (χ2v) is 3.04. The van der Waals surface area contributed by atoms with Crippen LogP contribution in [-0.2, 0) is 4.79 Å². The minimum absolute atomic E-state index is 0.248. The van der Waals surface area contributed by atoms with Crippen molar-refractivity contribution in [1.82, 2.24) is 0 Å². The summed E-state index contributed by atoms with van der Waals surface area (Å²) in [4.78, 5) is 21.7. The zero-order valence-electron chi connectivity index (χ0n) is 8.81. The average molecular weight is 240 g/mol. The molecule has 0 radical (unpaired) electrons. The Labute approximate surface area is 95.8 Å². The van der Waals surface area contributed by atoms with Gasteiger partial charge in [0.2, 0.25) is 5.76 Å². The number of hydrogen-bond acceptors (Lipinski definition) is 4. The number of ether oxygens (including phenoxy) is 1. The highest BCUT2D eigenvalue weighted by molar-refractivity contribution is 6.08. The summed E-state index contributed by atoms with van der Waals surface area (Å²) in [5.41, 5.74) is -0.378. The Bertz CT molecular complexity index is 493. The van der Waals surface area contributed by atoms with Crippen molar-refractivity contribution < 1.29 is 28.9 Å². The number of carboxylic acids is 1. The summed E-state index contributed by atoms with van der Waals surface area (Å²) >= 11 is 0. The predicted octanol–water partition coefficient (Wildman–Crippen LogP) is 1.54. The highest BCUT2D eigenvalue weighted by Crippen LogP contribution is 2.17. The van der Waals surface area contributed by atoms with E-state index < -0.39 is 23.3 Å². The topological polar surface area (TPSA) is 83.8 Å². The molecule has 0 amide bonds. The third-order valence-corrected chi connectivity index (χ3v) is 1.93. The maximum Gasteiger partial charge on any atom is 0.371 e. The molecular weight excluding hydrogens is 231 g/mol. The number of hydrogen-bond donors (Lipinski definition) is 2. The molecule has 0 saturated carbocycles. The van der Waals surface area contributed by atoms with Crippen molar-refractivity contribution in [1.29, 1.82) is 0 Å². The summed E-state index contributed by atoms with van der Waals surface area (Å²) in [6.45, 7) is 0. The summed E-state index contributed by atoms with van der Waals surface area (Å²) in [6.07, 6.45) is 0.431. The van der Waals surface area contributed by atoms with Crippen molar-refractivity contribution in [2.45, 2.75) is 0 Å². The summed E-state index contributed by atoms with van der Waals surface area (Å²) < 4.78 is 18.1. The van der Waals surface area contributed by atoms with E-state index in [2.05, 4.69) is 0 Å². The van der Waals surface area contributed by atoms with Gasteiger partial charge < -0.3 is 14.9 Å². The Morgan fingerprint density at radius 3 is 2.53 bits per heavy atom. The number of aliphatic carboxylic acids is 1. The molecule has 0 bridgehead atoms. The molecule has 2 N–H and O–H groups in total. The van der Waals surface area contributed by atoms with Crippen LogP contribution >= 0.6 is 0 Å². The van der Waals surface area contributed by atoms with Crippen LogP contribution in [0.25, 0.3) is 0 Å². The molecule has 1 aromatic rings. The molecule has 0 heterocycles. The van der Waals surface area contributed by atoms with Gasteiger partial charge in [-0.2, -0.15) is 0 Å². The number of methoxy groups -OCH3 is 1. The monoisotopic (exact) mass is 240 g/mol. The standard InChI is InChI=1S/C11H9FO5/c1-17-6-2-3-8(12)7(4-6)9(13)5-10(14)11(15)16/h2-5,14H,1H3,(H,15,16). The maximum absolute atomic E-state index is 13.3. The Hall–Kier alpha value is -2.37. The number of carboxylic acid groups (broad SMARTS) is 1. The molecular formula is C11H9FO5. The van der Waals surface area contributed by atoms with Crippen LogP contribution in [0.4, 0.5) is 4.39 Å². The van der Waals surface area contributed by atoms with Crippen LogP contribution < -0.4 is 4.74 Å². The van der Waals surface area contributed by atoms with Crippen LogP contribution in [0.15, 0.2) is 30.0 Å². The van der Waals surface area contributed by atoms with Gasteiger partial charge in [-0.25, -0.2) is 9.18 Å². The number of halogens is 1. The highest BCUT2D eigenvalue weighted by Gasteiger charge is 2.14. The van der Waals surface area contributed by atoms with E-state index in [9.17, 15) is 14.0 Å². The molecule has 1 rings (SSSR count). The van der Waals surface area contributed by atoms with Crippen LogP contribution in [0.1, 0.15) is 10.4 Å². The molecule has 0 aromatic heterocycles. The molecule has 0 spiro atoms. The SMILES string of the molecule is COc1ccc(F)c(C(=O)C=C(O)C(=O)O)c1. The largest absolute Gasteiger partial charge is 0.502 e. The Morgan fingerprint density at radius 1 is 1.35 bits per heavy atom. The zero-order chi connectivity index (χ0) is 13.0. The summed E-state index contributed by atoms with van der Waals surface area (Å²) in [7, 11) is 1.34. The molecule has 17 heavy (non-hydrogen) atoms. The first-order valence-electron chi connectivity index (χ1n) is 4.47. The van der Waals surface area contributed by atoms with Crippen molar-refractivity contribution in [3.8, 4) is 5.75 Å². The van der Waals surface area contributed by atoms with Crippen LogP contribution in [0, 0.1) is 5.82 Å². The lowest BCUT2D eigenvalue weighted by molar-refractivity contribution is -0.135. The van der Waals surface area contributed by atoms with Crippen molar-refractivity contribution >= 4 is 11.8 Å².